The summed E-state index contributed by atoms with van der Waals surface area (Å²) in [6, 6.07) is 7.70. The van der Waals surface area contributed by atoms with Gasteiger partial charge in [0.2, 0.25) is 0 Å². The van der Waals surface area contributed by atoms with E-state index in [9.17, 15) is 10.2 Å². The minimum absolute atomic E-state index is 0.0404. The maximum absolute atomic E-state index is 9.72. The van der Waals surface area contributed by atoms with Gasteiger partial charge in [-0.3, -0.25) is 0 Å². The third kappa shape index (κ3) is 3.78. The molecule has 0 amide bonds. The van der Waals surface area contributed by atoms with Crippen LogP contribution >= 0.6 is 11.6 Å². The van der Waals surface area contributed by atoms with E-state index in [1.165, 1.54) is 18.4 Å². The van der Waals surface area contributed by atoms with Gasteiger partial charge < -0.3 is 10.2 Å². The second kappa shape index (κ2) is 6.89. The molecule has 2 atom stereocenters. The van der Waals surface area contributed by atoms with E-state index in [0.717, 1.165) is 6.42 Å². The minimum atomic E-state index is -0.900. The molecule has 0 aliphatic carbocycles. The zero-order chi connectivity index (χ0) is 12.0. The van der Waals surface area contributed by atoms with Crippen LogP contribution in [0.4, 0.5) is 0 Å². The second-order valence-electron chi connectivity index (χ2n) is 4.01. The van der Waals surface area contributed by atoms with Crippen LogP contribution in [0.3, 0.4) is 0 Å². The first-order chi connectivity index (χ1) is 7.69. The highest BCUT2D eigenvalue weighted by Gasteiger charge is 2.16. The lowest BCUT2D eigenvalue weighted by atomic mass is 10.0. The Morgan fingerprint density at radius 2 is 1.81 bits per heavy atom. The molecular formula is C13H19ClO2. The van der Waals surface area contributed by atoms with E-state index >= 15 is 0 Å². The van der Waals surface area contributed by atoms with E-state index in [2.05, 4.69) is 6.92 Å². The van der Waals surface area contributed by atoms with Crippen molar-refractivity contribution in [3.8, 4) is 0 Å². The molecule has 2 nitrogen and oxygen atoms in total. The Morgan fingerprint density at radius 1 is 1.19 bits per heavy atom. The summed E-state index contributed by atoms with van der Waals surface area (Å²) in [6.07, 6.45) is 1.62. The molecule has 2 N–H and O–H groups in total. The van der Waals surface area contributed by atoms with E-state index in [4.69, 9.17) is 11.6 Å². The standard InChI is InChI=1S/C13H19ClO2/c1-2-3-4-10-5-7-11(8-6-10)13(16)12(15)9-14/h5-8,12-13,15-16H,2-4,9H2,1H3. The van der Waals surface area contributed by atoms with Crippen LogP contribution in [-0.4, -0.2) is 22.2 Å². The molecule has 16 heavy (non-hydrogen) atoms. The molecule has 0 aliphatic rings. The summed E-state index contributed by atoms with van der Waals surface area (Å²) in [6.45, 7) is 2.16. The molecule has 0 heterocycles. The zero-order valence-corrected chi connectivity index (χ0v) is 10.3. The summed E-state index contributed by atoms with van der Waals surface area (Å²) in [5.41, 5.74) is 1.98. The minimum Gasteiger partial charge on any atom is -0.389 e. The Hall–Kier alpha value is -0.570. The highest BCUT2D eigenvalue weighted by atomic mass is 35.5. The number of halogens is 1. The van der Waals surface area contributed by atoms with E-state index in [0.29, 0.717) is 5.56 Å². The van der Waals surface area contributed by atoms with Gasteiger partial charge in [-0.25, -0.2) is 0 Å². The molecule has 1 rings (SSSR count). The van der Waals surface area contributed by atoms with Gasteiger partial charge in [0.1, 0.15) is 6.10 Å². The van der Waals surface area contributed by atoms with Crippen LogP contribution in [0.25, 0.3) is 0 Å². The molecule has 0 saturated heterocycles. The van der Waals surface area contributed by atoms with Gasteiger partial charge in [0.25, 0.3) is 0 Å². The zero-order valence-electron chi connectivity index (χ0n) is 9.56. The number of benzene rings is 1. The Bertz CT molecular complexity index is 297. The van der Waals surface area contributed by atoms with E-state index in [1.54, 1.807) is 0 Å². The lowest BCUT2D eigenvalue weighted by Gasteiger charge is -2.15. The number of alkyl halides is 1. The fourth-order valence-electron chi connectivity index (χ4n) is 1.57. The fourth-order valence-corrected chi connectivity index (χ4v) is 1.74. The number of unbranched alkanes of at least 4 members (excludes halogenated alkanes) is 1. The number of rotatable bonds is 6. The van der Waals surface area contributed by atoms with Crippen LogP contribution in [0.15, 0.2) is 24.3 Å². The SMILES string of the molecule is CCCCc1ccc(C(O)C(O)CCl)cc1. The smallest absolute Gasteiger partial charge is 0.106 e. The molecule has 1 aromatic rings. The first kappa shape index (κ1) is 13.5. The predicted octanol–water partition coefficient (Wildman–Crippen LogP) is 2.66. The van der Waals surface area contributed by atoms with Crippen molar-refractivity contribution < 1.29 is 10.2 Å². The van der Waals surface area contributed by atoms with Gasteiger partial charge in [-0.1, -0.05) is 37.6 Å². The summed E-state index contributed by atoms with van der Waals surface area (Å²) < 4.78 is 0. The molecule has 0 spiro atoms. The van der Waals surface area contributed by atoms with Crippen molar-refractivity contribution in [3.63, 3.8) is 0 Å². The molecular weight excluding hydrogens is 224 g/mol. The average Bonchev–Trinajstić information content (AvgIpc) is 2.35. The van der Waals surface area contributed by atoms with Crippen molar-refractivity contribution in [2.24, 2.45) is 0 Å². The van der Waals surface area contributed by atoms with Gasteiger partial charge in [0.05, 0.1) is 12.0 Å². The molecule has 0 fully saturated rings. The topological polar surface area (TPSA) is 40.5 Å². The van der Waals surface area contributed by atoms with Crippen molar-refractivity contribution in [3.05, 3.63) is 35.4 Å². The molecule has 0 radical (unpaired) electrons. The molecule has 3 heteroatoms. The largest absolute Gasteiger partial charge is 0.389 e. The quantitative estimate of drug-likeness (QED) is 0.753. The third-order valence-corrected chi connectivity index (χ3v) is 2.98. The molecule has 0 bridgehead atoms. The third-order valence-electron chi connectivity index (χ3n) is 2.66. The Balaban J connectivity index is 2.63. The van der Waals surface area contributed by atoms with Gasteiger partial charge >= 0.3 is 0 Å². The van der Waals surface area contributed by atoms with Crippen molar-refractivity contribution in [2.45, 2.75) is 38.4 Å². The van der Waals surface area contributed by atoms with Crippen molar-refractivity contribution >= 4 is 11.6 Å². The van der Waals surface area contributed by atoms with Crippen LogP contribution in [0, 0.1) is 0 Å². The summed E-state index contributed by atoms with van der Waals surface area (Å²) in [5, 5.41) is 19.1. The highest BCUT2D eigenvalue weighted by Crippen LogP contribution is 2.18. The van der Waals surface area contributed by atoms with Gasteiger partial charge in [0, 0.05) is 0 Å². The second-order valence-corrected chi connectivity index (χ2v) is 4.32. The van der Waals surface area contributed by atoms with Crippen LogP contribution in [0.5, 0.6) is 0 Å². The summed E-state index contributed by atoms with van der Waals surface area (Å²) in [7, 11) is 0. The van der Waals surface area contributed by atoms with Gasteiger partial charge in [-0.2, -0.15) is 0 Å². The average molecular weight is 243 g/mol. The Labute approximate surface area is 102 Å². The number of hydrogen-bond donors (Lipinski definition) is 2. The maximum atomic E-state index is 9.72. The molecule has 0 aliphatic heterocycles. The van der Waals surface area contributed by atoms with Crippen molar-refractivity contribution in [1.29, 1.82) is 0 Å². The molecule has 90 valence electrons. The molecule has 1 aromatic carbocycles. The molecule has 2 unspecified atom stereocenters. The summed E-state index contributed by atoms with van der Waals surface area (Å²) in [4.78, 5) is 0. The summed E-state index contributed by atoms with van der Waals surface area (Å²) >= 11 is 5.49. The lowest BCUT2D eigenvalue weighted by Crippen LogP contribution is -2.19. The number of aryl methyl sites for hydroxylation is 1. The monoisotopic (exact) mass is 242 g/mol. The molecule has 0 saturated carbocycles. The van der Waals surface area contributed by atoms with E-state index < -0.39 is 12.2 Å². The van der Waals surface area contributed by atoms with Crippen molar-refractivity contribution in [2.75, 3.05) is 5.88 Å². The molecule has 0 aromatic heterocycles. The van der Waals surface area contributed by atoms with Crippen molar-refractivity contribution in [1.82, 2.24) is 0 Å². The van der Waals surface area contributed by atoms with Gasteiger partial charge in [0.15, 0.2) is 0 Å². The summed E-state index contributed by atoms with van der Waals surface area (Å²) in [5.74, 6) is 0.0404. The normalized spacial score (nSPS) is 14.8. The Morgan fingerprint density at radius 3 is 2.31 bits per heavy atom. The van der Waals surface area contributed by atoms with E-state index in [-0.39, 0.29) is 5.88 Å². The van der Waals surface area contributed by atoms with Crippen LogP contribution in [0.1, 0.15) is 37.0 Å². The van der Waals surface area contributed by atoms with Gasteiger partial charge in [-0.15, -0.1) is 11.6 Å². The maximum Gasteiger partial charge on any atom is 0.106 e. The van der Waals surface area contributed by atoms with E-state index in [1.807, 2.05) is 24.3 Å². The Kier molecular flexibility index (Phi) is 5.81. The predicted molar refractivity (Wildman–Crippen MR) is 66.7 cm³/mol. The fraction of sp³-hybridized carbons (Fsp3) is 0.538. The highest BCUT2D eigenvalue weighted by molar-refractivity contribution is 6.18. The van der Waals surface area contributed by atoms with Crippen LogP contribution in [-0.2, 0) is 6.42 Å². The van der Waals surface area contributed by atoms with Gasteiger partial charge in [-0.05, 0) is 24.0 Å². The van der Waals surface area contributed by atoms with Crippen LogP contribution < -0.4 is 0 Å². The number of aliphatic hydroxyl groups is 2. The first-order valence-electron chi connectivity index (χ1n) is 5.70. The number of hydrogen-bond acceptors (Lipinski definition) is 2. The lowest BCUT2D eigenvalue weighted by molar-refractivity contribution is 0.0327. The number of aliphatic hydroxyl groups excluding tert-OH is 2. The first-order valence-corrected chi connectivity index (χ1v) is 6.23. The van der Waals surface area contributed by atoms with Crippen LogP contribution in [0.2, 0.25) is 0 Å².